The van der Waals surface area contributed by atoms with E-state index in [1.807, 2.05) is 0 Å². The number of nitrogens with one attached hydrogen (secondary N) is 2. The maximum Gasteiger partial charge on any atom is 0.109 e. The van der Waals surface area contributed by atoms with Gasteiger partial charge in [-0.25, -0.2) is 9.97 Å². The Morgan fingerprint density at radius 3 is 1.50 bits per heavy atom. The lowest BCUT2D eigenvalue weighted by Crippen LogP contribution is -1.93. The van der Waals surface area contributed by atoms with Gasteiger partial charge in [0.25, 0.3) is 0 Å². The Bertz CT molecular complexity index is 1200. The maximum atomic E-state index is 4.85. The second kappa shape index (κ2) is 6.18. The molecule has 0 spiro atoms. The third-order valence-corrected chi connectivity index (χ3v) is 6.48. The van der Waals surface area contributed by atoms with Crippen LogP contribution in [-0.2, 0) is 12.8 Å². The summed E-state index contributed by atoms with van der Waals surface area (Å²) in [6, 6.07) is 13.6. The molecule has 0 aliphatic heterocycles. The van der Waals surface area contributed by atoms with Crippen molar-refractivity contribution >= 4 is 0 Å². The number of H-pyrrole nitrogens is 2. The van der Waals surface area contributed by atoms with Crippen molar-refractivity contribution in [3.63, 3.8) is 0 Å². The molecule has 0 saturated carbocycles. The molecule has 4 aromatic rings. The van der Waals surface area contributed by atoms with Crippen LogP contribution in [0, 0.1) is 0 Å². The minimum atomic E-state index is 0.426. The molecule has 0 amide bonds. The summed E-state index contributed by atoms with van der Waals surface area (Å²) in [7, 11) is 0. The molecule has 2 aromatic carbocycles. The van der Waals surface area contributed by atoms with Crippen LogP contribution >= 0.6 is 0 Å². The summed E-state index contributed by atoms with van der Waals surface area (Å²) >= 11 is 0. The minimum absolute atomic E-state index is 0.426. The molecule has 0 radical (unpaired) electrons. The number of benzene rings is 2. The lowest BCUT2D eigenvalue weighted by atomic mass is 9.97. The molecule has 2 aliphatic rings. The van der Waals surface area contributed by atoms with Crippen LogP contribution in [0.1, 0.15) is 73.7 Å². The zero-order valence-electron chi connectivity index (χ0n) is 17.9. The van der Waals surface area contributed by atoms with Crippen LogP contribution in [0.2, 0.25) is 0 Å². The molecule has 2 N–H and O–H groups in total. The molecule has 2 aromatic heterocycles. The molecule has 2 heterocycles. The fourth-order valence-electron chi connectivity index (χ4n) is 4.79. The summed E-state index contributed by atoms with van der Waals surface area (Å²) in [5.74, 6) is 3.03. The van der Waals surface area contributed by atoms with Crippen LogP contribution in [0.25, 0.3) is 33.6 Å². The van der Waals surface area contributed by atoms with E-state index in [1.54, 1.807) is 0 Å². The van der Waals surface area contributed by atoms with Gasteiger partial charge in [0, 0.05) is 47.2 Å². The Morgan fingerprint density at radius 2 is 1.10 bits per heavy atom. The van der Waals surface area contributed by atoms with E-state index < -0.39 is 0 Å². The molecule has 4 heteroatoms. The summed E-state index contributed by atoms with van der Waals surface area (Å²) in [5, 5.41) is 0. The SMILES string of the molecule is CC(C)c1nc2c([nH]1)Cc1cc(-c3ccc4c(c3)Cc3[nH]c(C(C)C)nc3-4)ccc1-2. The van der Waals surface area contributed by atoms with Gasteiger partial charge in [0.1, 0.15) is 11.6 Å². The van der Waals surface area contributed by atoms with Gasteiger partial charge in [0.05, 0.1) is 11.4 Å². The number of aromatic nitrogens is 4. The predicted molar refractivity (Wildman–Crippen MR) is 121 cm³/mol. The first-order chi connectivity index (χ1) is 14.5. The number of imidazole rings is 2. The highest BCUT2D eigenvalue weighted by molar-refractivity contribution is 5.80. The standard InChI is InChI=1S/C26H26N4/c1-13(2)25-27-21-11-17-9-15(5-7-19(17)23(21)29-25)16-6-8-20-18(10-16)12-22-24(20)30-26(28-22)14(3)4/h5-10,13-14H,11-12H2,1-4H3,(H,27,29)(H,28,30). The molecule has 0 unspecified atom stereocenters. The second-order valence-electron chi connectivity index (χ2n) is 9.31. The summed E-state index contributed by atoms with van der Waals surface area (Å²) in [4.78, 5) is 16.8. The largest absolute Gasteiger partial charge is 0.345 e. The normalized spacial score (nSPS) is 13.7. The van der Waals surface area contributed by atoms with Crippen molar-refractivity contribution < 1.29 is 0 Å². The topological polar surface area (TPSA) is 57.4 Å². The highest BCUT2D eigenvalue weighted by atomic mass is 15.0. The van der Waals surface area contributed by atoms with Gasteiger partial charge in [0.2, 0.25) is 0 Å². The van der Waals surface area contributed by atoms with Gasteiger partial charge in [-0.2, -0.15) is 0 Å². The van der Waals surface area contributed by atoms with Crippen LogP contribution < -0.4 is 0 Å². The molecule has 4 nitrogen and oxygen atoms in total. The highest BCUT2D eigenvalue weighted by Crippen LogP contribution is 2.41. The molecular weight excluding hydrogens is 368 g/mol. The van der Waals surface area contributed by atoms with E-state index in [0.29, 0.717) is 11.8 Å². The zero-order valence-corrected chi connectivity index (χ0v) is 17.9. The second-order valence-corrected chi connectivity index (χ2v) is 9.31. The van der Waals surface area contributed by atoms with Crippen LogP contribution in [0.15, 0.2) is 36.4 Å². The minimum Gasteiger partial charge on any atom is -0.345 e. The summed E-state index contributed by atoms with van der Waals surface area (Å²) in [6.07, 6.45) is 1.88. The first kappa shape index (κ1) is 17.7. The van der Waals surface area contributed by atoms with Gasteiger partial charge in [-0.1, -0.05) is 64.1 Å². The monoisotopic (exact) mass is 394 g/mol. The van der Waals surface area contributed by atoms with Crippen LogP contribution in [0.3, 0.4) is 0 Å². The van der Waals surface area contributed by atoms with Gasteiger partial charge in [0.15, 0.2) is 0 Å². The average molecular weight is 395 g/mol. The lowest BCUT2D eigenvalue weighted by Gasteiger charge is -2.09. The number of hydrogen-bond donors (Lipinski definition) is 2. The third-order valence-electron chi connectivity index (χ3n) is 6.48. The molecular formula is C26H26N4. The fourth-order valence-corrected chi connectivity index (χ4v) is 4.79. The molecule has 0 atom stereocenters. The third kappa shape index (κ3) is 2.53. The first-order valence-corrected chi connectivity index (χ1v) is 10.9. The van der Waals surface area contributed by atoms with Crippen LogP contribution in [0.5, 0.6) is 0 Å². The first-order valence-electron chi connectivity index (χ1n) is 10.9. The summed E-state index contributed by atoms with van der Waals surface area (Å²) in [6.45, 7) is 8.73. The van der Waals surface area contributed by atoms with Crippen molar-refractivity contribution in [1.82, 2.24) is 19.9 Å². The Kier molecular flexibility index (Phi) is 3.64. The van der Waals surface area contributed by atoms with Gasteiger partial charge in [-0.15, -0.1) is 0 Å². The number of aromatic amines is 2. The van der Waals surface area contributed by atoms with Crippen molar-refractivity contribution in [1.29, 1.82) is 0 Å². The van der Waals surface area contributed by atoms with E-state index in [1.165, 1.54) is 44.8 Å². The summed E-state index contributed by atoms with van der Waals surface area (Å²) in [5.41, 5.74) is 12.6. The highest BCUT2D eigenvalue weighted by Gasteiger charge is 2.26. The van der Waals surface area contributed by atoms with Gasteiger partial charge >= 0.3 is 0 Å². The number of hydrogen-bond acceptors (Lipinski definition) is 2. The van der Waals surface area contributed by atoms with Crippen molar-refractivity contribution in [3.8, 4) is 33.6 Å². The fraction of sp³-hybridized carbons (Fsp3) is 0.308. The molecule has 0 saturated heterocycles. The Hall–Kier alpha value is -3.14. The lowest BCUT2D eigenvalue weighted by molar-refractivity contribution is 0.789. The molecule has 0 bridgehead atoms. The zero-order chi connectivity index (χ0) is 20.6. The Labute approximate surface area is 176 Å². The van der Waals surface area contributed by atoms with Crippen molar-refractivity contribution in [2.45, 2.75) is 52.4 Å². The molecule has 2 aliphatic carbocycles. The average Bonchev–Trinajstić information content (AvgIpc) is 3.44. The van der Waals surface area contributed by atoms with Gasteiger partial charge in [-0.3, -0.25) is 0 Å². The quantitative estimate of drug-likeness (QED) is 0.376. The van der Waals surface area contributed by atoms with E-state index in [-0.39, 0.29) is 0 Å². The van der Waals surface area contributed by atoms with Crippen molar-refractivity contribution in [2.75, 3.05) is 0 Å². The van der Waals surface area contributed by atoms with Crippen LogP contribution in [-0.4, -0.2) is 19.9 Å². The number of fused-ring (bicyclic) bond motifs is 6. The summed E-state index contributed by atoms with van der Waals surface area (Å²) < 4.78 is 0. The smallest absolute Gasteiger partial charge is 0.109 e. The molecule has 0 fully saturated rings. The maximum absolute atomic E-state index is 4.85. The van der Waals surface area contributed by atoms with Gasteiger partial charge < -0.3 is 9.97 Å². The number of nitrogens with zero attached hydrogens (tertiary/aromatic N) is 2. The Morgan fingerprint density at radius 1 is 0.667 bits per heavy atom. The van der Waals surface area contributed by atoms with E-state index in [4.69, 9.17) is 9.97 Å². The number of rotatable bonds is 3. The molecule has 30 heavy (non-hydrogen) atoms. The predicted octanol–water partition coefficient (Wildman–Crippen LogP) is 6.19. The van der Waals surface area contributed by atoms with Crippen molar-refractivity contribution in [2.24, 2.45) is 0 Å². The Balaban J connectivity index is 1.34. The van der Waals surface area contributed by atoms with E-state index >= 15 is 0 Å². The van der Waals surface area contributed by atoms with E-state index in [9.17, 15) is 0 Å². The van der Waals surface area contributed by atoms with Crippen LogP contribution in [0.4, 0.5) is 0 Å². The van der Waals surface area contributed by atoms with Crippen molar-refractivity contribution in [3.05, 3.63) is 70.6 Å². The molecule has 6 rings (SSSR count). The van der Waals surface area contributed by atoms with E-state index in [0.717, 1.165) is 35.9 Å². The van der Waals surface area contributed by atoms with Gasteiger partial charge in [-0.05, 0) is 22.3 Å². The van der Waals surface area contributed by atoms with E-state index in [2.05, 4.69) is 74.1 Å². The molecule has 150 valence electrons.